The van der Waals surface area contributed by atoms with Gasteiger partial charge in [-0.25, -0.2) is 0 Å². The smallest absolute Gasteiger partial charge is 0.262 e. The normalized spacial score (nSPS) is 12.3. The molecule has 1 rings (SSSR count). The van der Waals surface area contributed by atoms with Gasteiger partial charge in [0.05, 0.1) is 0 Å². The summed E-state index contributed by atoms with van der Waals surface area (Å²) in [5.41, 5.74) is 2.15. The zero-order valence-corrected chi connectivity index (χ0v) is 11.9. The largest absolute Gasteiger partial charge is 0.481 e. The van der Waals surface area contributed by atoms with Crippen molar-refractivity contribution in [3.05, 3.63) is 27.7 Å². The average molecular weight is 306 g/mol. The molecule has 0 aromatic heterocycles. The van der Waals surface area contributed by atoms with E-state index in [9.17, 15) is 4.79 Å². The van der Waals surface area contributed by atoms with E-state index in [1.54, 1.807) is 0 Å². The Morgan fingerprint density at radius 1 is 1.44 bits per heavy atom. The van der Waals surface area contributed by atoms with Crippen molar-refractivity contribution in [3.8, 4) is 5.75 Å². The van der Waals surface area contributed by atoms with Gasteiger partial charge in [-0.2, -0.15) is 0 Å². The number of carbonyl (C=O) groups excluding carboxylic acids is 1. The first-order valence-electron chi connectivity index (χ1n) is 5.08. The molecule has 0 heterocycles. The topological polar surface area (TPSA) is 26.3 Å². The second kappa shape index (κ2) is 5.69. The molecule has 0 spiro atoms. The lowest BCUT2D eigenvalue weighted by Crippen LogP contribution is -2.22. The van der Waals surface area contributed by atoms with Crippen molar-refractivity contribution < 1.29 is 9.53 Å². The van der Waals surface area contributed by atoms with Crippen LogP contribution in [0.3, 0.4) is 0 Å². The summed E-state index contributed by atoms with van der Waals surface area (Å²) in [7, 11) is 0. The van der Waals surface area contributed by atoms with Crippen molar-refractivity contribution in [3.63, 3.8) is 0 Å². The van der Waals surface area contributed by atoms with Crippen LogP contribution in [0.25, 0.3) is 0 Å². The zero-order valence-electron chi connectivity index (χ0n) is 9.51. The van der Waals surface area contributed by atoms with E-state index >= 15 is 0 Å². The molecule has 2 nitrogen and oxygen atoms in total. The van der Waals surface area contributed by atoms with Crippen LogP contribution >= 0.6 is 27.5 Å². The number of aryl methyl sites for hydroxylation is 2. The maximum absolute atomic E-state index is 11.0. The van der Waals surface area contributed by atoms with Gasteiger partial charge in [0.1, 0.15) is 5.75 Å². The maximum Gasteiger partial charge on any atom is 0.262 e. The fraction of sp³-hybridized carbons (Fsp3) is 0.417. The van der Waals surface area contributed by atoms with E-state index in [1.807, 2.05) is 32.9 Å². The molecule has 0 bridgehead atoms. The first-order chi connectivity index (χ1) is 7.45. The molecule has 1 atom stereocenters. The summed E-state index contributed by atoms with van der Waals surface area (Å²) in [6.45, 7) is 5.82. The molecule has 0 saturated heterocycles. The van der Waals surface area contributed by atoms with E-state index < -0.39 is 11.3 Å². The van der Waals surface area contributed by atoms with Crippen LogP contribution in [0, 0.1) is 13.8 Å². The number of halogens is 2. The highest BCUT2D eigenvalue weighted by atomic mass is 79.9. The minimum Gasteiger partial charge on any atom is -0.481 e. The standard InChI is InChI=1S/C12H14BrClO2/c1-4-10(12(14)15)16-9-5-7(2)11(13)8(3)6-9/h5-6,10H,4H2,1-3H3. The number of benzene rings is 1. The summed E-state index contributed by atoms with van der Waals surface area (Å²) in [6.07, 6.45) is -0.00196. The SMILES string of the molecule is CCC(Oc1cc(C)c(Br)c(C)c1)C(=O)Cl. The van der Waals surface area contributed by atoms with Crippen LogP contribution in [0.5, 0.6) is 5.75 Å². The van der Waals surface area contributed by atoms with Crippen LogP contribution in [0.4, 0.5) is 0 Å². The van der Waals surface area contributed by atoms with E-state index in [-0.39, 0.29) is 0 Å². The van der Waals surface area contributed by atoms with Crippen LogP contribution in [-0.4, -0.2) is 11.3 Å². The molecule has 0 fully saturated rings. The van der Waals surface area contributed by atoms with Crippen molar-refractivity contribution in [1.29, 1.82) is 0 Å². The Balaban J connectivity index is 2.93. The predicted octanol–water partition coefficient (Wildman–Crippen LogP) is 3.99. The molecule has 1 aromatic carbocycles. The van der Waals surface area contributed by atoms with Gasteiger partial charge in [-0.3, -0.25) is 4.79 Å². The molecule has 1 aromatic rings. The van der Waals surface area contributed by atoms with Gasteiger partial charge < -0.3 is 4.74 Å². The van der Waals surface area contributed by atoms with Gasteiger partial charge in [0, 0.05) is 4.47 Å². The highest BCUT2D eigenvalue weighted by molar-refractivity contribution is 9.10. The lowest BCUT2D eigenvalue weighted by atomic mass is 10.1. The third-order valence-corrected chi connectivity index (χ3v) is 3.81. The molecular formula is C12H14BrClO2. The highest BCUT2D eigenvalue weighted by Gasteiger charge is 2.16. The lowest BCUT2D eigenvalue weighted by molar-refractivity contribution is -0.117. The molecule has 88 valence electrons. The summed E-state index contributed by atoms with van der Waals surface area (Å²) >= 11 is 8.91. The fourth-order valence-corrected chi connectivity index (χ4v) is 1.86. The summed E-state index contributed by atoms with van der Waals surface area (Å²) in [5.74, 6) is 0.680. The highest BCUT2D eigenvalue weighted by Crippen LogP contribution is 2.27. The molecule has 0 aliphatic carbocycles. The molecule has 0 radical (unpaired) electrons. The van der Waals surface area contributed by atoms with Gasteiger partial charge in [0.25, 0.3) is 5.24 Å². The minimum atomic E-state index is -0.568. The van der Waals surface area contributed by atoms with Crippen LogP contribution in [0.2, 0.25) is 0 Å². The van der Waals surface area contributed by atoms with Crippen molar-refractivity contribution in [2.45, 2.75) is 33.3 Å². The third-order valence-electron chi connectivity index (χ3n) is 2.31. The van der Waals surface area contributed by atoms with Crippen molar-refractivity contribution in [2.24, 2.45) is 0 Å². The number of ether oxygens (including phenoxy) is 1. The van der Waals surface area contributed by atoms with Crippen molar-refractivity contribution in [2.75, 3.05) is 0 Å². The molecule has 16 heavy (non-hydrogen) atoms. The summed E-state index contributed by atoms with van der Waals surface area (Å²) < 4.78 is 6.60. The second-order valence-electron chi connectivity index (χ2n) is 3.69. The van der Waals surface area contributed by atoms with Gasteiger partial charge in [0.15, 0.2) is 6.10 Å². The first kappa shape index (κ1) is 13.5. The van der Waals surface area contributed by atoms with Gasteiger partial charge >= 0.3 is 0 Å². The first-order valence-corrected chi connectivity index (χ1v) is 6.25. The quantitative estimate of drug-likeness (QED) is 0.786. The molecule has 0 amide bonds. The molecule has 0 saturated carbocycles. The van der Waals surface area contributed by atoms with E-state index in [0.717, 1.165) is 15.6 Å². The van der Waals surface area contributed by atoms with Gasteiger partial charge in [0.2, 0.25) is 0 Å². The number of hydrogen-bond donors (Lipinski definition) is 0. The number of carbonyl (C=O) groups is 1. The fourth-order valence-electron chi connectivity index (χ4n) is 1.43. The maximum atomic E-state index is 11.0. The third kappa shape index (κ3) is 3.22. The average Bonchev–Trinajstić information content (AvgIpc) is 2.21. The zero-order chi connectivity index (χ0) is 12.3. The second-order valence-corrected chi connectivity index (χ2v) is 4.86. The van der Waals surface area contributed by atoms with E-state index in [4.69, 9.17) is 16.3 Å². The van der Waals surface area contributed by atoms with Gasteiger partial charge in [-0.15, -0.1) is 0 Å². The van der Waals surface area contributed by atoms with Crippen LogP contribution in [0.1, 0.15) is 24.5 Å². The molecule has 0 aliphatic heterocycles. The predicted molar refractivity (Wildman–Crippen MR) is 69.2 cm³/mol. The molecule has 4 heteroatoms. The van der Waals surface area contributed by atoms with E-state index in [1.165, 1.54) is 0 Å². The van der Waals surface area contributed by atoms with Crippen LogP contribution in [-0.2, 0) is 4.79 Å². The summed E-state index contributed by atoms with van der Waals surface area (Å²) in [5, 5.41) is -0.458. The Kier molecular flexibility index (Phi) is 4.81. The van der Waals surface area contributed by atoms with Crippen LogP contribution in [0.15, 0.2) is 16.6 Å². The van der Waals surface area contributed by atoms with E-state index in [0.29, 0.717) is 12.2 Å². The number of rotatable bonds is 4. The minimum absolute atomic E-state index is 0.458. The molecule has 0 aliphatic rings. The number of hydrogen-bond acceptors (Lipinski definition) is 2. The lowest BCUT2D eigenvalue weighted by Gasteiger charge is -2.15. The van der Waals surface area contributed by atoms with Crippen molar-refractivity contribution >= 4 is 32.8 Å². The van der Waals surface area contributed by atoms with Crippen LogP contribution < -0.4 is 4.74 Å². The Hall–Kier alpha value is -0.540. The Morgan fingerprint density at radius 3 is 2.31 bits per heavy atom. The summed E-state index contributed by atoms with van der Waals surface area (Å²) in [6, 6.07) is 3.78. The summed E-state index contributed by atoms with van der Waals surface area (Å²) in [4.78, 5) is 11.0. The molecule has 0 N–H and O–H groups in total. The molecular weight excluding hydrogens is 291 g/mol. The molecule has 1 unspecified atom stereocenters. The van der Waals surface area contributed by atoms with Gasteiger partial charge in [-0.05, 0) is 55.1 Å². The Labute approximate surface area is 109 Å². The Bertz CT molecular complexity index is 381. The van der Waals surface area contributed by atoms with Gasteiger partial charge in [-0.1, -0.05) is 22.9 Å². The van der Waals surface area contributed by atoms with Crippen molar-refractivity contribution in [1.82, 2.24) is 0 Å². The van der Waals surface area contributed by atoms with E-state index in [2.05, 4.69) is 15.9 Å². The monoisotopic (exact) mass is 304 g/mol. The Morgan fingerprint density at radius 2 is 1.94 bits per heavy atom.